The SMILES string of the molecule is Cc1ccc(C)c(-c2cc(CN(Cc3ccc4c(c3)OCO4)C(=O)CC(C)C)no2)c1. The molecule has 1 aliphatic heterocycles. The van der Waals surface area contributed by atoms with Gasteiger partial charge in [-0.3, -0.25) is 4.79 Å². The van der Waals surface area contributed by atoms with Gasteiger partial charge in [0.25, 0.3) is 0 Å². The van der Waals surface area contributed by atoms with Gasteiger partial charge in [0, 0.05) is 24.6 Å². The van der Waals surface area contributed by atoms with Crippen LogP contribution in [0.25, 0.3) is 11.3 Å². The van der Waals surface area contributed by atoms with E-state index in [2.05, 4.69) is 37.2 Å². The molecule has 6 nitrogen and oxygen atoms in total. The average Bonchev–Trinajstić information content (AvgIpc) is 3.38. The summed E-state index contributed by atoms with van der Waals surface area (Å²) < 4.78 is 16.5. The van der Waals surface area contributed by atoms with Crippen molar-refractivity contribution in [1.29, 1.82) is 0 Å². The van der Waals surface area contributed by atoms with E-state index in [1.807, 2.05) is 43.0 Å². The van der Waals surface area contributed by atoms with E-state index in [0.29, 0.717) is 25.3 Å². The highest BCUT2D eigenvalue weighted by Gasteiger charge is 2.20. The zero-order chi connectivity index (χ0) is 22.0. The standard InChI is InChI=1S/C25H28N2O4/c1-16(2)9-25(28)27(13-19-7-8-22-24(11-19)30-15-29-22)14-20-12-23(31-26-20)21-10-17(3)5-6-18(21)4/h5-8,10-12,16H,9,13-15H2,1-4H3. The van der Waals surface area contributed by atoms with Crippen LogP contribution in [0.15, 0.2) is 47.0 Å². The van der Waals surface area contributed by atoms with Gasteiger partial charge in [-0.05, 0) is 49.1 Å². The maximum absolute atomic E-state index is 13.0. The zero-order valence-electron chi connectivity index (χ0n) is 18.5. The Morgan fingerprint density at radius 1 is 1.03 bits per heavy atom. The minimum absolute atomic E-state index is 0.0870. The van der Waals surface area contributed by atoms with E-state index in [1.165, 1.54) is 0 Å². The first-order valence-electron chi connectivity index (χ1n) is 10.6. The molecular formula is C25H28N2O4. The lowest BCUT2D eigenvalue weighted by atomic mass is 10.0. The second kappa shape index (κ2) is 8.84. The number of fused-ring (bicyclic) bond motifs is 1. The van der Waals surface area contributed by atoms with E-state index >= 15 is 0 Å². The van der Waals surface area contributed by atoms with Gasteiger partial charge in [0.05, 0.1) is 6.54 Å². The summed E-state index contributed by atoms with van der Waals surface area (Å²) in [5.41, 5.74) is 5.03. The molecule has 1 amide bonds. The Bertz CT molecular complexity index is 1090. The minimum Gasteiger partial charge on any atom is -0.454 e. The number of aryl methyl sites for hydroxylation is 2. The zero-order valence-corrected chi connectivity index (χ0v) is 18.5. The van der Waals surface area contributed by atoms with Crippen molar-refractivity contribution in [2.45, 2.75) is 47.2 Å². The Hall–Kier alpha value is -3.28. The smallest absolute Gasteiger partial charge is 0.231 e. The summed E-state index contributed by atoms with van der Waals surface area (Å²) in [5, 5.41) is 4.25. The number of carbonyl (C=O) groups is 1. The van der Waals surface area contributed by atoms with Gasteiger partial charge in [-0.25, -0.2) is 0 Å². The fraction of sp³-hybridized carbons (Fsp3) is 0.360. The molecule has 0 radical (unpaired) electrons. The van der Waals surface area contributed by atoms with Crippen LogP contribution in [-0.2, 0) is 17.9 Å². The molecule has 0 spiro atoms. The third kappa shape index (κ3) is 4.90. The topological polar surface area (TPSA) is 64.8 Å². The highest BCUT2D eigenvalue weighted by atomic mass is 16.7. The normalized spacial score (nSPS) is 12.4. The molecule has 6 heteroatoms. The quantitative estimate of drug-likeness (QED) is 0.521. The summed E-state index contributed by atoms with van der Waals surface area (Å²) in [6.45, 7) is 9.28. The number of amides is 1. The van der Waals surface area contributed by atoms with Crippen LogP contribution >= 0.6 is 0 Å². The van der Waals surface area contributed by atoms with Crippen molar-refractivity contribution in [2.75, 3.05) is 6.79 Å². The van der Waals surface area contributed by atoms with Crippen molar-refractivity contribution in [2.24, 2.45) is 5.92 Å². The molecule has 0 fully saturated rings. The number of rotatable bonds is 7. The second-order valence-corrected chi connectivity index (χ2v) is 8.54. The molecule has 1 aromatic heterocycles. The largest absolute Gasteiger partial charge is 0.454 e. The Labute approximate surface area is 182 Å². The summed E-state index contributed by atoms with van der Waals surface area (Å²) in [5.74, 6) is 2.53. The molecule has 162 valence electrons. The molecule has 4 rings (SSSR count). The lowest BCUT2D eigenvalue weighted by molar-refractivity contribution is -0.133. The maximum Gasteiger partial charge on any atom is 0.231 e. The summed E-state index contributed by atoms with van der Waals surface area (Å²) in [6, 6.07) is 14.0. The van der Waals surface area contributed by atoms with Crippen molar-refractivity contribution in [3.8, 4) is 22.8 Å². The molecule has 2 aromatic carbocycles. The lowest BCUT2D eigenvalue weighted by Gasteiger charge is -2.23. The van der Waals surface area contributed by atoms with Crippen LogP contribution in [-0.4, -0.2) is 22.8 Å². The van der Waals surface area contributed by atoms with Crippen LogP contribution in [0.3, 0.4) is 0 Å². The van der Waals surface area contributed by atoms with Crippen molar-refractivity contribution in [1.82, 2.24) is 10.1 Å². The fourth-order valence-corrected chi connectivity index (χ4v) is 3.68. The molecular weight excluding hydrogens is 392 g/mol. The molecule has 0 saturated carbocycles. The molecule has 3 aromatic rings. The Kier molecular flexibility index (Phi) is 5.98. The van der Waals surface area contributed by atoms with Crippen LogP contribution in [0.5, 0.6) is 11.5 Å². The monoisotopic (exact) mass is 420 g/mol. The summed E-state index contributed by atoms with van der Waals surface area (Å²) in [4.78, 5) is 14.8. The summed E-state index contributed by atoms with van der Waals surface area (Å²) in [7, 11) is 0. The van der Waals surface area contributed by atoms with E-state index in [4.69, 9.17) is 14.0 Å². The first kappa shape index (κ1) is 21.0. The third-order valence-corrected chi connectivity index (χ3v) is 5.32. The van der Waals surface area contributed by atoms with Gasteiger partial charge in [-0.1, -0.05) is 42.8 Å². The summed E-state index contributed by atoms with van der Waals surface area (Å²) >= 11 is 0. The number of hydrogen-bond donors (Lipinski definition) is 0. The van der Waals surface area contributed by atoms with Crippen molar-refractivity contribution in [3.63, 3.8) is 0 Å². The first-order valence-corrected chi connectivity index (χ1v) is 10.6. The number of benzene rings is 2. The Morgan fingerprint density at radius 2 is 1.84 bits per heavy atom. The maximum atomic E-state index is 13.0. The molecule has 0 atom stereocenters. The number of aromatic nitrogens is 1. The van der Waals surface area contributed by atoms with Gasteiger partial charge in [0.15, 0.2) is 17.3 Å². The molecule has 0 saturated heterocycles. The molecule has 0 unspecified atom stereocenters. The van der Waals surface area contributed by atoms with Crippen LogP contribution in [0.4, 0.5) is 0 Å². The number of nitrogens with zero attached hydrogens (tertiary/aromatic N) is 2. The molecule has 0 bridgehead atoms. The van der Waals surface area contributed by atoms with Gasteiger partial charge in [-0.2, -0.15) is 0 Å². The van der Waals surface area contributed by atoms with Crippen LogP contribution in [0.2, 0.25) is 0 Å². The van der Waals surface area contributed by atoms with E-state index in [1.54, 1.807) is 0 Å². The van der Waals surface area contributed by atoms with Crippen molar-refractivity contribution >= 4 is 5.91 Å². The van der Waals surface area contributed by atoms with E-state index < -0.39 is 0 Å². The predicted octanol–water partition coefficient (Wildman–Crippen LogP) is 5.26. The number of ether oxygens (including phenoxy) is 2. The van der Waals surface area contributed by atoms with Gasteiger partial charge < -0.3 is 18.9 Å². The molecule has 1 aliphatic rings. The second-order valence-electron chi connectivity index (χ2n) is 8.54. The van der Waals surface area contributed by atoms with Gasteiger partial charge in [0.1, 0.15) is 5.69 Å². The number of hydrogen-bond acceptors (Lipinski definition) is 5. The molecule has 0 N–H and O–H groups in total. The van der Waals surface area contributed by atoms with Crippen LogP contribution in [0.1, 0.15) is 42.7 Å². The first-order chi connectivity index (χ1) is 14.9. The van der Waals surface area contributed by atoms with Gasteiger partial charge in [0.2, 0.25) is 12.7 Å². The fourth-order valence-electron chi connectivity index (χ4n) is 3.68. The Balaban J connectivity index is 1.55. The molecule has 2 heterocycles. The van der Waals surface area contributed by atoms with Gasteiger partial charge in [-0.15, -0.1) is 0 Å². The molecule has 0 aliphatic carbocycles. The summed E-state index contributed by atoms with van der Waals surface area (Å²) in [6.07, 6.45) is 0.478. The Morgan fingerprint density at radius 3 is 2.65 bits per heavy atom. The van der Waals surface area contributed by atoms with Crippen LogP contribution < -0.4 is 9.47 Å². The third-order valence-electron chi connectivity index (χ3n) is 5.32. The average molecular weight is 421 g/mol. The highest BCUT2D eigenvalue weighted by Crippen LogP contribution is 2.33. The van der Waals surface area contributed by atoms with E-state index in [0.717, 1.165) is 39.5 Å². The van der Waals surface area contributed by atoms with Crippen molar-refractivity contribution < 1.29 is 18.8 Å². The van der Waals surface area contributed by atoms with Crippen molar-refractivity contribution in [3.05, 3.63) is 64.8 Å². The predicted molar refractivity (Wildman–Crippen MR) is 118 cm³/mol. The highest BCUT2D eigenvalue weighted by molar-refractivity contribution is 5.76. The van der Waals surface area contributed by atoms with Crippen LogP contribution in [0, 0.1) is 19.8 Å². The molecule has 31 heavy (non-hydrogen) atoms. The van der Waals surface area contributed by atoms with E-state index in [-0.39, 0.29) is 18.6 Å². The minimum atomic E-state index is 0.0870. The lowest BCUT2D eigenvalue weighted by Crippen LogP contribution is -2.31. The van der Waals surface area contributed by atoms with E-state index in [9.17, 15) is 4.79 Å². The van der Waals surface area contributed by atoms with Gasteiger partial charge >= 0.3 is 0 Å². The number of carbonyl (C=O) groups excluding carboxylic acids is 1.